The number of pyridine rings is 1. The van der Waals surface area contributed by atoms with Gasteiger partial charge in [0.15, 0.2) is 0 Å². The average Bonchev–Trinajstić information content (AvgIpc) is 2.40. The van der Waals surface area contributed by atoms with Crippen molar-refractivity contribution in [2.45, 2.75) is 6.92 Å². The van der Waals surface area contributed by atoms with E-state index in [1.165, 1.54) is 6.07 Å². The second kappa shape index (κ2) is 5.77. The van der Waals surface area contributed by atoms with Gasteiger partial charge in [-0.05, 0) is 31.2 Å². The molecule has 2 heterocycles. The van der Waals surface area contributed by atoms with E-state index in [2.05, 4.69) is 4.98 Å². The van der Waals surface area contributed by atoms with Crippen molar-refractivity contribution in [3.05, 3.63) is 76.9 Å². The van der Waals surface area contributed by atoms with E-state index in [9.17, 15) is 4.79 Å². The molecule has 0 amide bonds. The molecule has 0 aliphatic rings. The number of nitrogens with zero attached hydrogens (tertiary/aromatic N) is 1. The third-order valence-corrected chi connectivity index (χ3v) is 2.34. The van der Waals surface area contributed by atoms with Crippen LogP contribution < -0.4 is 5.63 Å². The first-order chi connectivity index (χ1) is 8.75. The summed E-state index contributed by atoms with van der Waals surface area (Å²) in [6.07, 6.45) is 1.79. The molecule has 0 aliphatic heterocycles. The maximum Gasteiger partial charge on any atom is 0.336 e. The van der Waals surface area contributed by atoms with Crippen molar-refractivity contribution in [1.82, 2.24) is 4.98 Å². The van der Waals surface area contributed by atoms with Gasteiger partial charge >= 0.3 is 5.63 Å². The quantitative estimate of drug-likeness (QED) is 0.566. The van der Waals surface area contributed by atoms with Crippen molar-refractivity contribution in [2.75, 3.05) is 0 Å². The highest BCUT2D eigenvalue weighted by Crippen LogP contribution is 2.08. The van der Waals surface area contributed by atoms with E-state index >= 15 is 0 Å². The molecular weight excluding hydrogens is 226 g/mol. The Balaban J connectivity index is 0.000000149. The third-order valence-electron chi connectivity index (χ3n) is 2.34. The van der Waals surface area contributed by atoms with Crippen LogP contribution in [0.3, 0.4) is 0 Å². The van der Waals surface area contributed by atoms with Crippen LogP contribution in [0, 0.1) is 6.92 Å². The van der Waals surface area contributed by atoms with E-state index in [-0.39, 0.29) is 5.63 Å². The minimum atomic E-state index is -0.302. The van der Waals surface area contributed by atoms with Crippen LogP contribution in [0.1, 0.15) is 5.69 Å². The van der Waals surface area contributed by atoms with Crippen molar-refractivity contribution in [3.63, 3.8) is 0 Å². The standard InChI is InChI=1S/C9H6O2.C6H7N/c10-9-6-5-7-3-1-2-4-8(7)11-9;1-6-4-2-3-5-7-6/h1-6H;2-5H,1H3. The molecule has 0 N–H and O–H groups in total. The smallest absolute Gasteiger partial charge is 0.336 e. The zero-order valence-corrected chi connectivity index (χ0v) is 10.0. The molecule has 3 heteroatoms. The van der Waals surface area contributed by atoms with Crippen LogP contribution >= 0.6 is 0 Å². The van der Waals surface area contributed by atoms with Crippen molar-refractivity contribution in [1.29, 1.82) is 0 Å². The van der Waals surface area contributed by atoms with Crippen molar-refractivity contribution in [3.8, 4) is 0 Å². The summed E-state index contributed by atoms with van der Waals surface area (Å²) in [5.74, 6) is 0. The van der Waals surface area contributed by atoms with Crippen LogP contribution in [0.25, 0.3) is 11.0 Å². The van der Waals surface area contributed by atoms with Gasteiger partial charge in [-0.25, -0.2) is 4.79 Å². The molecule has 0 bridgehead atoms. The second-order valence-electron chi connectivity index (χ2n) is 3.76. The Kier molecular flexibility index (Phi) is 3.86. The van der Waals surface area contributed by atoms with Crippen LogP contribution in [0.15, 0.2) is 70.0 Å². The minimum Gasteiger partial charge on any atom is -0.423 e. The number of aryl methyl sites for hydroxylation is 1. The number of rotatable bonds is 0. The number of fused-ring (bicyclic) bond motifs is 1. The average molecular weight is 239 g/mol. The van der Waals surface area contributed by atoms with E-state index in [1.54, 1.807) is 18.3 Å². The van der Waals surface area contributed by atoms with Crippen LogP contribution in [-0.2, 0) is 0 Å². The first kappa shape index (κ1) is 12.0. The Morgan fingerprint density at radius 3 is 2.39 bits per heavy atom. The lowest BCUT2D eigenvalue weighted by atomic mass is 10.2. The van der Waals surface area contributed by atoms with Crippen LogP contribution in [0.4, 0.5) is 0 Å². The first-order valence-corrected chi connectivity index (χ1v) is 5.62. The number of hydrogen-bond donors (Lipinski definition) is 0. The van der Waals surface area contributed by atoms with E-state index < -0.39 is 0 Å². The van der Waals surface area contributed by atoms with Gasteiger partial charge < -0.3 is 4.42 Å². The SMILES string of the molecule is Cc1ccccn1.O=c1ccc2ccccc2o1. The van der Waals surface area contributed by atoms with Crippen LogP contribution in [0.5, 0.6) is 0 Å². The molecule has 0 unspecified atom stereocenters. The molecule has 0 saturated heterocycles. The van der Waals surface area contributed by atoms with Crippen molar-refractivity contribution < 1.29 is 4.42 Å². The summed E-state index contributed by atoms with van der Waals surface area (Å²) < 4.78 is 4.91. The summed E-state index contributed by atoms with van der Waals surface area (Å²) in [5, 5.41) is 0.951. The van der Waals surface area contributed by atoms with Crippen LogP contribution in [0.2, 0.25) is 0 Å². The zero-order chi connectivity index (χ0) is 12.8. The second-order valence-corrected chi connectivity index (χ2v) is 3.76. The topological polar surface area (TPSA) is 43.1 Å². The summed E-state index contributed by atoms with van der Waals surface area (Å²) in [7, 11) is 0. The molecule has 0 atom stereocenters. The van der Waals surface area contributed by atoms with Gasteiger partial charge in [0.05, 0.1) is 0 Å². The minimum absolute atomic E-state index is 0.302. The molecular formula is C15H13NO2. The number of aromatic nitrogens is 1. The van der Waals surface area contributed by atoms with E-state index in [0.29, 0.717) is 5.58 Å². The fraction of sp³-hybridized carbons (Fsp3) is 0.0667. The molecule has 0 spiro atoms. The predicted octanol–water partition coefficient (Wildman–Crippen LogP) is 3.18. The van der Waals surface area contributed by atoms with Crippen molar-refractivity contribution >= 4 is 11.0 Å². The van der Waals surface area contributed by atoms with Gasteiger partial charge in [-0.1, -0.05) is 24.3 Å². The Hall–Kier alpha value is -2.42. The van der Waals surface area contributed by atoms with E-state index in [1.807, 2.05) is 43.3 Å². The van der Waals surface area contributed by atoms with Gasteiger partial charge in [-0.15, -0.1) is 0 Å². The summed E-state index contributed by atoms with van der Waals surface area (Å²) in [6, 6.07) is 16.4. The Morgan fingerprint density at radius 2 is 1.72 bits per heavy atom. The molecule has 3 rings (SSSR count). The van der Waals surface area contributed by atoms with Crippen LogP contribution in [-0.4, -0.2) is 4.98 Å². The number of para-hydroxylation sites is 1. The predicted molar refractivity (Wildman–Crippen MR) is 71.5 cm³/mol. The molecule has 3 nitrogen and oxygen atoms in total. The van der Waals surface area contributed by atoms with E-state index in [0.717, 1.165) is 11.1 Å². The molecule has 0 fully saturated rings. The Morgan fingerprint density at radius 1 is 0.944 bits per heavy atom. The number of benzene rings is 1. The lowest BCUT2D eigenvalue weighted by Gasteiger charge is -1.91. The van der Waals surface area contributed by atoms with Gasteiger partial charge in [0.25, 0.3) is 0 Å². The molecule has 0 saturated carbocycles. The fourth-order valence-electron chi connectivity index (χ4n) is 1.46. The normalized spacial score (nSPS) is 9.61. The van der Waals surface area contributed by atoms with Gasteiger partial charge in [-0.3, -0.25) is 4.98 Å². The summed E-state index contributed by atoms with van der Waals surface area (Å²) in [4.78, 5) is 14.7. The Labute approximate surface area is 105 Å². The summed E-state index contributed by atoms with van der Waals surface area (Å²) in [5.41, 5.74) is 1.41. The maximum absolute atomic E-state index is 10.7. The highest BCUT2D eigenvalue weighted by Gasteiger charge is 1.92. The van der Waals surface area contributed by atoms with Gasteiger partial charge in [0, 0.05) is 23.3 Å². The molecule has 18 heavy (non-hydrogen) atoms. The summed E-state index contributed by atoms with van der Waals surface area (Å²) >= 11 is 0. The Bertz CT molecular complexity index is 674. The molecule has 2 aromatic heterocycles. The maximum atomic E-state index is 10.7. The molecule has 3 aromatic rings. The first-order valence-electron chi connectivity index (χ1n) is 5.62. The van der Waals surface area contributed by atoms with Gasteiger partial charge in [-0.2, -0.15) is 0 Å². The molecule has 90 valence electrons. The molecule has 1 aromatic carbocycles. The molecule has 0 aliphatic carbocycles. The highest BCUT2D eigenvalue weighted by atomic mass is 16.4. The number of hydrogen-bond acceptors (Lipinski definition) is 3. The van der Waals surface area contributed by atoms with Crippen molar-refractivity contribution in [2.24, 2.45) is 0 Å². The fourth-order valence-corrected chi connectivity index (χ4v) is 1.46. The lowest BCUT2D eigenvalue weighted by Crippen LogP contribution is -1.93. The summed E-state index contributed by atoms with van der Waals surface area (Å²) in [6.45, 7) is 1.97. The largest absolute Gasteiger partial charge is 0.423 e. The zero-order valence-electron chi connectivity index (χ0n) is 10.0. The lowest BCUT2D eigenvalue weighted by molar-refractivity contribution is 0.561. The monoisotopic (exact) mass is 239 g/mol. The van der Waals surface area contributed by atoms with E-state index in [4.69, 9.17) is 4.42 Å². The third kappa shape index (κ3) is 3.28. The highest BCUT2D eigenvalue weighted by molar-refractivity contribution is 5.75. The van der Waals surface area contributed by atoms with Gasteiger partial charge in [0.1, 0.15) is 5.58 Å². The molecule has 0 radical (unpaired) electrons. The van der Waals surface area contributed by atoms with Gasteiger partial charge in [0.2, 0.25) is 0 Å².